The first-order valence-electron chi connectivity index (χ1n) is 5.91. The van der Waals surface area contributed by atoms with Crippen LogP contribution in [0.1, 0.15) is 13.3 Å². The quantitative estimate of drug-likeness (QED) is 0.877. The van der Waals surface area contributed by atoms with Gasteiger partial charge < -0.3 is 10.6 Å². The predicted molar refractivity (Wildman–Crippen MR) is 72.9 cm³/mol. The molecule has 0 heterocycles. The van der Waals surface area contributed by atoms with Crippen LogP contribution in [-0.2, 0) is 4.79 Å². The highest BCUT2D eigenvalue weighted by Gasteiger charge is 2.31. The average molecular weight is 297 g/mol. The van der Waals surface area contributed by atoms with Crippen LogP contribution in [0, 0.1) is 11.8 Å². The van der Waals surface area contributed by atoms with Crippen LogP contribution in [0.4, 0.5) is 5.69 Å². The molecule has 2 unspecified atom stereocenters. The number of nitrogens with one attached hydrogen (secondary N) is 2. The van der Waals surface area contributed by atoms with Crippen LogP contribution in [0.2, 0.25) is 0 Å². The van der Waals surface area contributed by atoms with E-state index < -0.39 is 0 Å². The lowest BCUT2D eigenvalue weighted by Crippen LogP contribution is -2.29. The molecule has 0 spiro atoms. The first kappa shape index (κ1) is 12.6. The molecule has 1 aliphatic rings. The van der Waals surface area contributed by atoms with Crippen molar-refractivity contribution in [1.82, 2.24) is 5.32 Å². The van der Waals surface area contributed by atoms with Crippen molar-refractivity contribution in [2.75, 3.05) is 18.4 Å². The summed E-state index contributed by atoms with van der Waals surface area (Å²) in [5, 5.41) is 6.05. The maximum Gasteiger partial charge on any atom is 0.238 e. The third-order valence-corrected chi connectivity index (χ3v) is 3.57. The van der Waals surface area contributed by atoms with Crippen molar-refractivity contribution < 1.29 is 4.79 Å². The number of hydrogen-bond acceptors (Lipinski definition) is 2. The molecule has 0 radical (unpaired) electrons. The largest absolute Gasteiger partial charge is 0.325 e. The predicted octanol–water partition coefficient (Wildman–Crippen LogP) is 2.63. The molecule has 1 amide bonds. The normalized spacial score (nSPS) is 22.2. The van der Waals surface area contributed by atoms with Crippen LogP contribution in [-0.4, -0.2) is 19.0 Å². The van der Waals surface area contributed by atoms with Crippen LogP contribution in [0.25, 0.3) is 0 Å². The maximum absolute atomic E-state index is 11.6. The maximum atomic E-state index is 11.6. The fourth-order valence-corrected chi connectivity index (χ4v) is 2.23. The second kappa shape index (κ2) is 5.65. The van der Waals surface area contributed by atoms with Crippen LogP contribution < -0.4 is 10.6 Å². The fraction of sp³-hybridized carbons (Fsp3) is 0.462. The van der Waals surface area contributed by atoms with E-state index in [9.17, 15) is 4.79 Å². The van der Waals surface area contributed by atoms with Crippen molar-refractivity contribution in [1.29, 1.82) is 0 Å². The van der Waals surface area contributed by atoms with Gasteiger partial charge in [0.2, 0.25) is 5.91 Å². The van der Waals surface area contributed by atoms with Gasteiger partial charge in [-0.3, -0.25) is 4.79 Å². The standard InChI is InChI=1S/C13H17BrN2O/c1-9-5-10(9)7-15-8-13(17)16-12-4-2-3-11(14)6-12/h2-4,6,9-10,15H,5,7-8H2,1H3,(H,16,17). The number of rotatable bonds is 5. The zero-order chi connectivity index (χ0) is 12.3. The monoisotopic (exact) mass is 296 g/mol. The van der Waals surface area contributed by atoms with Crippen molar-refractivity contribution in [2.24, 2.45) is 11.8 Å². The van der Waals surface area contributed by atoms with Gasteiger partial charge in [0, 0.05) is 10.2 Å². The van der Waals surface area contributed by atoms with Crippen LogP contribution in [0.3, 0.4) is 0 Å². The summed E-state index contributed by atoms with van der Waals surface area (Å²) in [4.78, 5) is 11.6. The van der Waals surface area contributed by atoms with Gasteiger partial charge in [0.1, 0.15) is 0 Å². The minimum absolute atomic E-state index is 0.0106. The second-order valence-corrected chi connectivity index (χ2v) is 5.58. The van der Waals surface area contributed by atoms with E-state index in [4.69, 9.17) is 0 Å². The van der Waals surface area contributed by atoms with E-state index >= 15 is 0 Å². The Kier molecular flexibility index (Phi) is 4.18. The van der Waals surface area contributed by atoms with Crippen LogP contribution in [0.15, 0.2) is 28.7 Å². The Bertz CT molecular complexity index is 408. The van der Waals surface area contributed by atoms with E-state index in [2.05, 4.69) is 33.5 Å². The molecular formula is C13H17BrN2O. The first-order chi connectivity index (χ1) is 8.15. The minimum atomic E-state index is 0.0106. The number of anilines is 1. The van der Waals surface area contributed by atoms with Gasteiger partial charge in [0.15, 0.2) is 0 Å². The zero-order valence-corrected chi connectivity index (χ0v) is 11.5. The van der Waals surface area contributed by atoms with E-state index in [1.165, 1.54) is 6.42 Å². The molecule has 1 aromatic rings. The Balaban J connectivity index is 1.69. The second-order valence-electron chi connectivity index (χ2n) is 4.66. The van der Waals surface area contributed by atoms with E-state index in [1.807, 2.05) is 24.3 Å². The molecule has 1 aliphatic carbocycles. The van der Waals surface area contributed by atoms with E-state index in [-0.39, 0.29) is 5.91 Å². The SMILES string of the molecule is CC1CC1CNCC(=O)Nc1cccc(Br)c1. The summed E-state index contributed by atoms with van der Waals surface area (Å²) in [7, 11) is 0. The number of halogens is 1. The van der Waals surface area contributed by atoms with E-state index in [0.29, 0.717) is 6.54 Å². The molecule has 17 heavy (non-hydrogen) atoms. The van der Waals surface area contributed by atoms with Gasteiger partial charge in [-0.2, -0.15) is 0 Å². The Morgan fingerprint density at radius 2 is 2.29 bits per heavy atom. The van der Waals surface area contributed by atoms with E-state index in [0.717, 1.165) is 28.5 Å². The molecule has 3 nitrogen and oxygen atoms in total. The van der Waals surface area contributed by atoms with Crippen LogP contribution in [0.5, 0.6) is 0 Å². The molecule has 0 aromatic heterocycles. The number of carbonyl (C=O) groups is 1. The summed E-state index contributed by atoms with van der Waals surface area (Å²) in [6.07, 6.45) is 1.29. The Morgan fingerprint density at radius 1 is 1.53 bits per heavy atom. The van der Waals surface area contributed by atoms with E-state index in [1.54, 1.807) is 0 Å². The van der Waals surface area contributed by atoms with Gasteiger partial charge >= 0.3 is 0 Å². The lowest BCUT2D eigenvalue weighted by molar-refractivity contribution is -0.115. The third kappa shape index (κ3) is 4.13. The third-order valence-electron chi connectivity index (χ3n) is 3.08. The highest BCUT2D eigenvalue weighted by molar-refractivity contribution is 9.10. The summed E-state index contributed by atoms with van der Waals surface area (Å²) in [6.45, 7) is 3.58. The molecule has 2 rings (SSSR count). The molecule has 2 atom stereocenters. The van der Waals surface area contributed by atoms with Gasteiger partial charge in [0.05, 0.1) is 6.54 Å². The lowest BCUT2D eigenvalue weighted by Gasteiger charge is -2.06. The Labute approximate surface area is 110 Å². The van der Waals surface area contributed by atoms with Gasteiger partial charge in [-0.1, -0.05) is 28.9 Å². The number of hydrogen-bond donors (Lipinski definition) is 2. The van der Waals surface area contributed by atoms with Gasteiger partial charge in [-0.05, 0) is 43.0 Å². The van der Waals surface area contributed by atoms with Crippen molar-refractivity contribution in [3.63, 3.8) is 0 Å². The molecule has 4 heteroatoms. The molecule has 92 valence electrons. The van der Waals surface area contributed by atoms with Crippen molar-refractivity contribution >= 4 is 27.5 Å². The number of amides is 1. The zero-order valence-electron chi connectivity index (χ0n) is 9.87. The molecule has 1 fully saturated rings. The molecular weight excluding hydrogens is 280 g/mol. The van der Waals surface area contributed by atoms with Crippen molar-refractivity contribution in [3.8, 4) is 0 Å². The molecule has 0 bridgehead atoms. The number of benzene rings is 1. The molecule has 0 aliphatic heterocycles. The smallest absolute Gasteiger partial charge is 0.238 e. The molecule has 2 N–H and O–H groups in total. The molecule has 1 aromatic carbocycles. The van der Waals surface area contributed by atoms with Gasteiger partial charge in [-0.25, -0.2) is 0 Å². The highest BCUT2D eigenvalue weighted by atomic mass is 79.9. The fourth-order valence-electron chi connectivity index (χ4n) is 1.83. The van der Waals surface area contributed by atoms with Gasteiger partial charge in [-0.15, -0.1) is 0 Å². The lowest BCUT2D eigenvalue weighted by atomic mass is 10.3. The molecule has 0 saturated heterocycles. The molecule has 1 saturated carbocycles. The Hall–Kier alpha value is -0.870. The topological polar surface area (TPSA) is 41.1 Å². The minimum Gasteiger partial charge on any atom is -0.325 e. The van der Waals surface area contributed by atoms with Gasteiger partial charge in [0.25, 0.3) is 0 Å². The summed E-state index contributed by atoms with van der Waals surface area (Å²) in [6, 6.07) is 7.61. The Morgan fingerprint density at radius 3 is 2.94 bits per heavy atom. The average Bonchev–Trinajstić information content (AvgIpc) is 2.94. The highest BCUT2D eigenvalue weighted by Crippen LogP contribution is 2.36. The first-order valence-corrected chi connectivity index (χ1v) is 6.70. The summed E-state index contributed by atoms with van der Waals surface area (Å²) in [5.41, 5.74) is 0.825. The summed E-state index contributed by atoms with van der Waals surface area (Å²) in [5.74, 6) is 1.61. The van der Waals surface area contributed by atoms with Crippen LogP contribution >= 0.6 is 15.9 Å². The summed E-state index contributed by atoms with van der Waals surface area (Å²) < 4.78 is 0.968. The number of carbonyl (C=O) groups excluding carboxylic acids is 1. The van der Waals surface area contributed by atoms with Crippen molar-refractivity contribution in [2.45, 2.75) is 13.3 Å². The van der Waals surface area contributed by atoms with Crippen molar-refractivity contribution in [3.05, 3.63) is 28.7 Å². The summed E-state index contributed by atoms with van der Waals surface area (Å²) >= 11 is 3.37.